The molecular formula is C35H54N6O9S3. The molecule has 296 valence electrons. The van der Waals surface area contributed by atoms with Gasteiger partial charge in [-0.2, -0.15) is 25.3 Å². The zero-order chi connectivity index (χ0) is 39.7. The van der Waals surface area contributed by atoms with E-state index in [1.54, 1.807) is 57.4 Å². The molecule has 0 radical (unpaired) electrons. The maximum atomic E-state index is 14.3. The van der Waals surface area contributed by atoms with Gasteiger partial charge in [-0.15, -0.1) is 11.8 Å². The Balaban J connectivity index is 2.04. The Morgan fingerprint density at radius 1 is 0.849 bits per heavy atom. The van der Waals surface area contributed by atoms with Crippen molar-refractivity contribution in [3.63, 3.8) is 0 Å². The van der Waals surface area contributed by atoms with Crippen LogP contribution in [-0.4, -0.2) is 139 Å². The van der Waals surface area contributed by atoms with Gasteiger partial charge in [0.05, 0.1) is 17.5 Å². The monoisotopic (exact) mass is 798 g/mol. The fraction of sp³-hybridized carbons (Fsp3) is 0.657. The van der Waals surface area contributed by atoms with Crippen LogP contribution in [0.3, 0.4) is 0 Å². The highest BCUT2D eigenvalue weighted by Crippen LogP contribution is 2.26. The first kappa shape index (κ1) is 44.0. The van der Waals surface area contributed by atoms with Gasteiger partial charge in [0.25, 0.3) is 0 Å². The number of thioether (sulfide) groups is 1. The number of ether oxygens (including phenoxy) is 2. The summed E-state index contributed by atoms with van der Waals surface area (Å²) in [5, 5.41) is 12.6. The van der Waals surface area contributed by atoms with Crippen LogP contribution in [0, 0.1) is 0 Å². The summed E-state index contributed by atoms with van der Waals surface area (Å²) in [5.41, 5.74) is 5.46. The van der Waals surface area contributed by atoms with Gasteiger partial charge in [0.15, 0.2) is 0 Å². The van der Waals surface area contributed by atoms with Crippen LogP contribution in [0.4, 0.5) is 9.59 Å². The molecule has 0 spiro atoms. The number of thiol groups is 2. The van der Waals surface area contributed by atoms with E-state index in [9.17, 15) is 33.9 Å². The van der Waals surface area contributed by atoms with Gasteiger partial charge in [0, 0.05) is 56.5 Å². The van der Waals surface area contributed by atoms with E-state index in [-0.39, 0.29) is 74.0 Å². The topological polar surface area (TPSA) is 192 Å². The average molecular weight is 799 g/mol. The van der Waals surface area contributed by atoms with Gasteiger partial charge in [-0.05, 0) is 77.6 Å². The number of aromatic carboxylic acids is 1. The Kier molecular flexibility index (Phi) is 16.0. The number of carboxylic acids is 1. The molecular weight excluding hydrogens is 745 g/mol. The Hall–Kier alpha value is -3.35. The molecule has 53 heavy (non-hydrogen) atoms. The number of benzene rings is 1. The van der Waals surface area contributed by atoms with Crippen molar-refractivity contribution in [2.24, 2.45) is 5.73 Å². The molecule has 3 atom stereocenters. The van der Waals surface area contributed by atoms with Crippen molar-refractivity contribution in [1.82, 2.24) is 24.9 Å². The minimum absolute atomic E-state index is 0.00616. The van der Waals surface area contributed by atoms with Crippen LogP contribution in [0.2, 0.25) is 0 Å². The average Bonchev–Trinajstić information content (AvgIpc) is 3.56. The molecule has 1 fully saturated rings. The predicted octanol–water partition coefficient (Wildman–Crippen LogP) is 3.05. The Bertz CT molecular complexity index is 1500. The number of nitrogens with zero attached hydrogens (tertiary/aromatic N) is 4. The van der Waals surface area contributed by atoms with Gasteiger partial charge in [-0.3, -0.25) is 19.3 Å². The van der Waals surface area contributed by atoms with E-state index in [2.05, 4.69) is 30.6 Å². The van der Waals surface area contributed by atoms with Gasteiger partial charge >= 0.3 is 18.2 Å². The molecule has 0 unspecified atom stereocenters. The first-order chi connectivity index (χ1) is 24.7. The highest BCUT2D eigenvalue weighted by atomic mass is 32.2. The molecule has 2 aliphatic heterocycles. The molecule has 2 bridgehead atoms. The Morgan fingerprint density at radius 2 is 1.40 bits per heavy atom. The Labute approximate surface area is 326 Å². The molecule has 2 heterocycles. The van der Waals surface area contributed by atoms with Crippen LogP contribution in [0.5, 0.6) is 0 Å². The second-order valence-corrected chi connectivity index (χ2v) is 16.8. The minimum Gasteiger partial charge on any atom is -0.478 e. The molecule has 1 aromatic rings. The van der Waals surface area contributed by atoms with Crippen molar-refractivity contribution < 1.29 is 43.3 Å². The molecule has 5 amide bonds. The van der Waals surface area contributed by atoms with Gasteiger partial charge < -0.3 is 40.3 Å². The molecule has 0 saturated carbocycles. The largest absolute Gasteiger partial charge is 0.478 e. The molecule has 4 N–H and O–H groups in total. The summed E-state index contributed by atoms with van der Waals surface area (Å²) in [5.74, 6) is -1.67. The number of fused-ring (bicyclic) bond motifs is 2. The second-order valence-electron chi connectivity index (χ2n) is 15.0. The molecule has 18 heteroatoms. The van der Waals surface area contributed by atoms with Crippen LogP contribution in [0.25, 0.3) is 0 Å². The lowest BCUT2D eigenvalue weighted by Gasteiger charge is -2.33. The van der Waals surface area contributed by atoms with Crippen LogP contribution in [0.1, 0.15) is 75.9 Å². The predicted molar refractivity (Wildman–Crippen MR) is 208 cm³/mol. The molecule has 2 aliphatic rings. The van der Waals surface area contributed by atoms with Crippen LogP contribution in [0.15, 0.2) is 18.2 Å². The maximum Gasteiger partial charge on any atom is 0.411 e. The number of nitrogens with two attached hydrogens (primary N) is 1. The lowest BCUT2D eigenvalue weighted by molar-refractivity contribution is -0.136. The molecule has 0 aromatic heterocycles. The van der Waals surface area contributed by atoms with E-state index < -0.39 is 53.4 Å². The number of carbonyl (C=O) groups is 6. The molecule has 0 aliphatic carbocycles. The summed E-state index contributed by atoms with van der Waals surface area (Å²) in [4.78, 5) is 85.7. The lowest BCUT2D eigenvalue weighted by Crippen LogP contribution is -2.51. The van der Waals surface area contributed by atoms with Crippen LogP contribution < -0.4 is 11.1 Å². The van der Waals surface area contributed by atoms with Crippen molar-refractivity contribution in [3.05, 3.63) is 34.9 Å². The number of nitrogens with one attached hydrogen (secondary N) is 1. The number of alkyl carbamates (subject to hydrolysis) is 1. The number of hydrogen-bond donors (Lipinski definition) is 5. The van der Waals surface area contributed by atoms with Crippen LogP contribution in [-0.2, 0) is 36.9 Å². The zero-order valence-electron chi connectivity index (χ0n) is 31.3. The first-order valence-corrected chi connectivity index (χ1v) is 19.9. The third-order valence-electron chi connectivity index (χ3n) is 8.17. The summed E-state index contributed by atoms with van der Waals surface area (Å²) in [6.07, 6.45) is -0.740. The number of amides is 5. The first-order valence-electron chi connectivity index (χ1n) is 17.5. The zero-order valence-corrected chi connectivity index (χ0v) is 33.9. The minimum atomic E-state index is -1.19. The molecule has 1 aromatic carbocycles. The summed E-state index contributed by atoms with van der Waals surface area (Å²) < 4.78 is 10.9. The second kappa shape index (κ2) is 19.3. The SMILES string of the molecule is CC(C)(C)OC(=O)N[C@@H](CS)C(=O)N1CCCN(C(=O)[C@@H](N)CS)CCCN(C(=O)[C@@H]2CSCN2C(=O)OC(C)(C)C)Cc2cc(cc(C(=O)O)c2)C1. The fourth-order valence-corrected chi connectivity index (χ4v) is 7.34. The lowest BCUT2D eigenvalue weighted by atomic mass is 10.0. The number of carbonyl (C=O) groups excluding carboxylic acids is 5. The normalized spacial score (nSPS) is 18.8. The quantitative estimate of drug-likeness (QED) is 0.255. The van der Waals surface area contributed by atoms with Crippen molar-refractivity contribution in [1.29, 1.82) is 0 Å². The van der Waals surface area contributed by atoms with Crippen molar-refractivity contribution >= 4 is 72.9 Å². The van der Waals surface area contributed by atoms with E-state index in [1.807, 2.05) is 0 Å². The number of carboxylic acid groups (broad SMARTS) is 1. The highest BCUT2D eigenvalue weighted by Gasteiger charge is 2.39. The summed E-state index contributed by atoms with van der Waals surface area (Å²) in [6.45, 7) is 11.1. The summed E-state index contributed by atoms with van der Waals surface area (Å²) in [6, 6.07) is 1.91. The van der Waals surface area contributed by atoms with E-state index in [1.165, 1.54) is 33.7 Å². The third kappa shape index (κ3) is 13.5. The molecule has 3 rings (SSSR count). The van der Waals surface area contributed by atoms with Crippen molar-refractivity contribution in [2.45, 2.75) is 96.8 Å². The van der Waals surface area contributed by atoms with Crippen molar-refractivity contribution in [3.8, 4) is 0 Å². The highest BCUT2D eigenvalue weighted by molar-refractivity contribution is 7.99. The van der Waals surface area contributed by atoms with Crippen LogP contribution >= 0.6 is 37.0 Å². The smallest absolute Gasteiger partial charge is 0.411 e. The standard InChI is InChI=1S/C35H54N6O9S3/c1-34(2,3)49-32(47)37-26(19-52)29(43)39-11-7-9-38(28(42)25(36)18-51)10-8-12-40(17-23-13-22(16-39)14-24(15-23)31(45)46)30(44)27-20-53-21-41(27)33(48)50-35(4,5)6/h13-15,25-27,51-52H,7-12,16-21,36H2,1-6H3,(H,37,47)(H,45,46)/t25-,26-,27-/m0/s1. The molecule has 15 nitrogen and oxygen atoms in total. The third-order valence-corrected chi connectivity index (χ3v) is 9.95. The van der Waals surface area contributed by atoms with Gasteiger partial charge in [0.2, 0.25) is 17.7 Å². The van der Waals surface area contributed by atoms with Crippen molar-refractivity contribution in [2.75, 3.05) is 49.3 Å². The van der Waals surface area contributed by atoms with E-state index in [4.69, 9.17) is 15.2 Å². The van der Waals surface area contributed by atoms with Gasteiger partial charge in [-0.25, -0.2) is 14.4 Å². The summed E-state index contributed by atoms with van der Waals surface area (Å²) >= 11 is 9.95. The van der Waals surface area contributed by atoms with E-state index >= 15 is 0 Å². The van der Waals surface area contributed by atoms with Gasteiger partial charge in [0.1, 0.15) is 23.3 Å². The number of rotatable bonds is 7. The summed E-state index contributed by atoms with van der Waals surface area (Å²) in [7, 11) is 0. The molecule has 1 saturated heterocycles. The fourth-order valence-electron chi connectivity index (χ4n) is 5.81. The number of hydrogen-bond acceptors (Lipinski definition) is 12. The van der Waals surface area contributed by atoms with Gasteiger partial charge in [-0.1, -0.05) is 6.07 Å². The maximum absolute atomic E-state index is 14.3. The van der Waals surface area contributed by atoms with E-state index in [0.717, 1.165) is 0 Å². The van der Waals surface area contributed by atoms with E-state index in [0.29, 0.717) is 29.7 Å². The Morgan fingerprint density at radius 3 is 1.92 bits per heavy atom.